The van der Waals surface area contributed by atoms with Crippen LogP contribution < -0.4 is 0 Å². The Morgan fingerprint density at radius 3 is 0.698 bits per heavy atom. The van der Waals surface area contributed by atoms with Crippen LogP contribution >= 0.6 is 0 Å². The molecule has 0 spiro atoms. The molecular formula is C58H114O5. The van der Waals surface area contributed by atoms with Crippen LogP contribution in [0.4, 0.5) is 0 Å². The zero-order valence-corrected chi connectivity index (χ0v) is 43.1. The van der Waals surface area contributed by atoms with Gasteiger partial charge in [0.15, 0.2) is 6.10 Å². The van der Waals surface area contributed by atoms with Crippen molar-refractivity contribution in [3.63, 3.8) is 0 Å². The van der Waals surface area contributed by atoms with Gasteiger partial charge < -0.3 is 14.6 Å². The van der Waals surface area contributed by atoms with Crippen LogP contribution in [0.1, 0.15) is 341 Å². The molecule has 0 saturated carbocycles. The summed E-state index contributed by atoms with van der Waals surface area (Å²) in [6.45, 7) is 4.16. The minimum atomic E-state index is -0.762. The van der Waals surface area contributed by atoms with Crippen molar-refractivity contribution in [2.24, 2.45) is 0 Å². The van der Waals surface area contributed by atoms with Gasteiger partial charge in [0, 0.05) is 12.8 Å². The standard InChI is InChI=1S/C58H114O5/c1-3-5-7-9-11-13-14-15-16-17-18-19-20-21-22-23-24-25-26-27-28-29-30-31-32-33-34-35-36-37-38-39-40-41-42-43-45-47-49-51-53-58(61)63-56(54-59)55-62-57(60)52-50-48-46-44-12-10-8-6-4-2/h56,59H,3-55H2,1-2H3. The summed E-state index contributed by atoms with van der Waals surface area (Å²) in [4.78, 5) is 24.3. The molecule has 5 heteroatoms. The first-order chi connectivity index (χ1) is 31.1. The zero-order valence-electron chi connectivity index (χ0n) is 43.1. The Morgan fingerprint density at radius 2 is 0.492 bits per heavy atom. The van der Waals surface area contributed by atoms with Gasteiger partial charge >= 0.3 is 11.9 Å². The van der Waals surface area contributed by atoms with E-state index in [1.54, 1.807) is 0 Å². The number of esters is 2. The molecule has 0 aliphatic heterocycles. The molecule has 0 heterocycles. The summed E-state index contributed by atoms with van der Waals surface area (Å²) in [7, 11) is 0. The van der Waals surface area contributed by atoms with Crippen molar-refractivity contribution in [3.05, 3.63) is 0 Å². The molecule has 376 valence electrons. The first-order valence-corrected chi connectivity index (χ1v) is 29.1. The van der Waals surface area contributed by atoms with Gasteiger partial charge in [0.05, 0.1) is 6.61 Å². The summed E-state index contributed by atoms with van der Waals surface area (Å²) in [5.41, 5.74) is 0. The molecule has 5 nitrogen and oxygen atoms in total. The van der Waals surface area contributed by atoms with Crippen LogP contribution in [-0.2, 0) is 19.1 Å². The van der Waals surface area contributed by atoms with E-state index in [0.717, 1.165) is 38.5 Å². The molecule has 0 bridgehead atoms. The van der Waals surface area contributed by atoms with Gasteiger partial charge in [0.2, 0.25) is 0 Å². The number of hydrogen-bond acceptors (Lipinski definition) is 5. The highest BCUT2D eigenvalue weighted by atomic mass is 16.6. The first-order valence-electron chi connectivity index (χ1n) is 29.1. The number of rotatable bonds is 55. The lowest BCUT2D eigenvalue weighted by Crippen LogP contribution is -2.28. The number of aliphatic hydroxyl groups excluding tert-OH is 1. The number of unbranched alkanes of at least 4 members (excludes halogenated alkanes) is 47. The molecule has 0 aromatic carbocycles. The van der Waals surface area contributed by atoms with Crippen molar-refractivity contribution >= 4 is 11.9 Å². The van der Waals surface area contributed by atoms with Crippen LogP contribution in [0, 0.1) is 0 Å². The second-order valence-electron chi connectivity index (χ2n) is 20.1. The molecule has 1 atom stereocenters. The lowest BCUT2D eigenvalue weighted by Gasteiger charge is -2.15. The summed E-state index contributed by atoms with van der Waals surface area (Å²) >= 11 is 0. The SMILES string of the molecule is CCCCCCCCCCCCCCCCCCCCCCCCCCCCCCCCCCCCCCCCCCC(=O)OC(CO)COC(=O)CCCCCCCCCCC. The molecular weight excluding hydrogens is 777 g/mol. The van der Waals surface area contributed by atoms with Crippen molar-refractivity contribution in [1.82, 2.24) is 0 Å². The highest BCUT2D eigenvalue weighted by Crippen LogP contribution is 2.18. The third-order valence-corrected chi connectivity index (χ3v) is 13.7. The molecule has 0 aliphatic carbocycles. The maximum Gasteiger partial charge on any atom is 0.306 e. The Bertz CT molecular complexity index is 875. The Balaban J connectivity index is 3.28. The maximum atomic E-state index is 12.2. The van der Waals surface area contributed by atoms with E-state index in [2.05, 4.69) is 13.8 Å². The Kier molecular flexibility index (Phi) is 54.3. The first kappa shape index (κ1) is 61.9. The van der Waals surface area contributed by atoms with Crippen LogP contribution in [0.25, 0.3) is 0 Å². The van der Waals surface area contributed by atoms with Gasteiger partial charge in [0.25, 0.3) is 0 Å². The molecule has 0 rings (SSSR count). The van der Waals surface area contributed by atoms with Gasteiger partial charge in [0.1, 0.15) is 6.61 Å². The maximum absolute atomic E-state index is 12.2. The van der Waals surface area contributed by atoms with E-state index in [-0.39, 0.29) is 25.2 Å². The normalized spacial score (nSPS) is 12.0. The summed E-state index contributed by atoms with van der Waals surface area (Å²) in [6, 6.07) is 0. The topological polar surface area (TPSA) is 72.8 Å². The van der Waals surface area contributed by atoms with Gasteiger partial charge in [-0.1, -0.05) is 316 Å². The van der Waals surface area contributed by atoms with E-state index in [0.29, 0.717) is 12.8 Å². The quantitative estimate of drug-likeness (QED) is 0.0486. The van der Waals surface area contributed by atoms with Crippen molar-refractivity contribution in [2.75, 3.05) is 13.2 Å². The van der Waals surface area contributed by atoms with E-state index in [1.165, 1.54) is 276 Å². The predicted octanol–water partition coefficient (Wildman–Crippen LogP) is 19.4. The van der Waals surface area contributed by atoms with Crippen molar-refractivity contribution in [1.29, 1.82) is 0 Å². The van der Waals surface area contributed by atoms with Crippen LogP contribution in [-0.4, -0.2) is 36.4 Å². The molecule has 0 saturated heterocycles. The average Bonchev–Trinajstić information content (AvgIpc) is 3.29. The van der Waals surface area contributed by atoms with Crippen LogP contribution in [0.3, 0.4) is 0 Å². The second kappa shape index (κ2) is 55.2. The minimum absolute atomic E-state index is 0.0573. The van der Waals surface area contributed by atoms with Crippen molar-refractivity contribution < 1.29 is 24.2 Å². The molecule has 1 N–H and O–H groups in total. The molecule has 63 heavy (non-hydrogen) atoms. The summed E-state index contributed by atoms with van der Waals surface area (Å²) in [6.07, 6.45) is 67.1. The van der Waals surface area contributed by atoms with Gasteiger partial charge in [-0.3, -0.25) is 9.59 Å². The van der Waals surface area contributed by atoms with Crippen molar-refractivity contribution in [3.8, 4) is 0 Å². The lowest BCUT2D eigenvalue weighted by molar-refractivity contribution is -0.161. The molecule has 0 aromatic heterocycles. The Hall–Kier alpha value is -1.10. The summed E-state index contributed by atoms with van der Waals surface area (Å²) < 4.78 is 10.6. The van der Waals surface area contributed by atoms with E-state index >= 15 is 0 Å². The minimum Gasteiger partial charge on any atom is -0.462 e. The zero-order chi connectivity index (χ0) is 45.6. The number of hydrogen-bond donors (Lipinski definition) is 1. The van der Waals surface area contributed by atoms with E-state index < -0.39 is 6.10 Å². The van der Waals surface area contributed by atoms with Gasteiger partial charge in [-0.15, -0.1) is 0 Å². The fraction of sp³-hybridized carbons (Fsp3) is 0.966. The van der Waals surface area contributed by atoms with E-state index in [9.17, 15) is 14.7 Å². The van der Waals surface area contributed by atoms with Crippen molar-refractivity contribution in [2.45, 2.75) is 347 Å². The second-order valence-corrected chi connectivity index (χ2v) is 20.1. The highest BCUT2D eigenvalue weighted by Gasteiger charge is 2.16. The Labute approximate surface area is 395 Å². The number of aliphatic hydroxyl groups is 1. The number of ether oxygens (including phenoxy) is 2. The van der Waals surface area contributed by atoms with Gasteiger partial charge in [-0.05, 0) is 12.8 Å². The molecule has 0 fully saturated rings. The van der Waals surface area contributed by atoms with Crippen LogP contribution in [0.2, 0.25) is 0 Å². The average molecular weight is 892 g/mol. The monoisotopic (exact) mass is 891 g/mol. The molecule has 0 radical (unpaired) electrons. The van der Waals surface area contributed by atoms with Gasteiger partial charge in [-0.2, -0.15) is 0 Å². The molecule has 0 aromatic rings. The van der Waals surface area contributed by atoms with E-state index in [4.69, 9.17) is 9.47 Å². The lowest BCUT2D eigenvalue weighted by atomic mass is 10.0. The highest BCUT2D eigenvalue weighted by molar-refractivity contribution is 5.70. The summed E-state index contributed by atoms with van der Waals surface area (Å²) in [5, 5.41) is 9.58. The predicted molar refractivity (Wildman–Crippen MR) is 275 cm³/mol. The molecule has 1 unspecified atom stereocenters. The smallest absolute Gasteiger partial charge is 0.306 e. The Morgan fingerprint density at radius 1 is 0.302 bits per heavy atom. The van der Waals surface area contributed by atoms with Gasteiger partial charge in [-0.25, -0.2) is 0 Å². The largest absolute Gasteiger partial charge is 0.462 e. The fourth-order valence-corrected chi connectivity index (χ4v) is 9.27. The molecule has 0 amide bonds. The molecule has 0 aliphatic rings. The summed E-state index contributed by atoms with van der Waals surface area (Å²) in [5.74, 6) is -0.574. The van der Waals surface area contributed by atoms with E-state index in [1.807, 2.05) is 0 Å². The van der Waals surface area contributed by atoms with Crippen LogP contribution in [0.5, 0.6) is 0 Å². The number of carbonyl (C=O) groups excluding carboxylic acids is 2. The number of carbonyl (C=O) groups is 2. The van der Waals surface area contributed by atoms with Crippen LogP contribution in [0.15, 0.2) is 0 Å². The third-order valence-electron chi connectivity index (χ3n) is 13.7. The fourth-order valence-electron chi connectivity index (χ4n) is 9.27. The third kappa shape index (κ3) is 53.4.